The number of anilines is 1. The van der Waals surface area contributed by atoms with Gasteiger partial charge in [-0.05, 0) is 57.2 Å². The van der Waals surface area contributed by atoms with Crippen molar-refractivity contribution >= 4 is 52.6 Å². The number of benzene rings is 2. The highest BCUT2D eigenvalue weighted by molar-refractivity contribution is 6.35. The standard InChI is InChI=1S/C23H24Cl2N4O4/c1-4-28(5-2)20(31)14-6-9-16(10-7-14)26-19(30)13-29-21(32)23(3,27-22(29)33)17-11-8-15(24)12-18(17)25/h6-12H,4-5,13H2,1-3H3,(H,26,30)(H,27,33). The number of nitrogens with zero attached hydrogens (tertiary/aromatic N) is 2. The first-order chi connectivity index (χ1) is 15.6. The van der Waals surface area contributed by atoms with Crippen LogP contribution < -0.4 is 10.6 Å². The maximum atomic E-state index is 13.0. The van der Waals surface area contributed by atoms with E-state index in [9.17, 15) is 19.2 Å². The van der Waals surface area contributed by atoms with E-state index in [1.165, 1.54) is 13.0 Å². The van der Waals surface area contributed by atoms with Gasteiger partial charge < -0.3 is 15.5 Å². The Morgan fingerprint density at radius 2 is 1.70 bits per heavy atom. The van der Waals surface area contributed by atoms with Gasteiger partial charge in [0.1, 0.15) is 12.1 Å². The van der Waals surface area contributed by atoms with Gasteiger partial charge in [0.2, 0.25) is 5.91 Å². The van der Waals surface area contributed by atoms with E-state index in [4.69, 9.17) is 23.2 Å². The number of nitrogens with one attached hydrogen (secondary N) is 2. The molecule has 1 fully saturated rings. The Kier molecular flexibility index (Phi) is 7.29. The lowest BCUT2D eigenvalue weighted by molar-refractivity contribution is -0.133. The summed E-state index contributed by atoms with van der Waals surface area (Å²) in [5.74, 6) is -1.27. The number of hydrogen-bond donors (Lipinski definition) is 2. The molecule has 174 valence electrons. The number of hydrogen-bond acceptors (Lipinski definition) is 4. The number of carbonyl (C=O) groups is 4. The molecule has 0 aromatic heterocycles. The Morgan fingerprint density at radius 3 is 2.27 bits per heavy atom. The van der Waals surface area contributed by atoms with Crippen LogP contribution in [0.2, 0.25) is 10.0 Å². The molecule has 1 saturated heterocycles. The quantitative estimate of drug-likeness (QED) is 0.575. The molecule has 0 radical (unpaired) electrons. The van der Waals surface area contributed by atoms with Crippen LogP contribution in [0.1, 0.15) is 36.7 Å². The highest BCUT2D eigenvalue weighted by Gasteiger charge is 2.50. The Hall–Kier alpha value is -3.10. The van der Waals surface area contributed by atoms with Gasteiger partial charge in [-0.15, -0.1) is 0 Å². The van der Waals surface area contributed by atoms with Gasteiger partial charge in [-0.2, -0.15) is 0 Å². The first-order valence-electron chi connectivity index (χ1n) is 10.4. The van der Waals surface area contributed by atoms with Crippen LogP contribution in [0.15, 0.2) is 42.5 Å². The SMILES string of the molecule is CCN(CC)C(=O)c1ccc(NC(=O)CN2C(=O)NC(C)(c3ccc(Cl)cc3Cl)C2=O)cc1. The predicted molar refractivity (Wildman–Crippen MR) is 126 cm³/mol. The average Bonchev–Trinajstić information content (AvgIpc) is 2.98. The van der Waals surface area contributed by atoms with Crippen LogP contribution in [0.5, 0.6) is 0 Å². The van der Waals surface area contributed by atoms with E-state index < -0.39 is 29.9 Å². The fourth-order valence-corrected chi connectivity index (χ4v) is 4.25. The Labute approximate surface area is 201 Å². The summed E-state index contributed by atoms with van der Waals surface area (Å²) in [5.41, 5.74) is -0.109. The number of halogens is 2. The highest BCUT2D eigenvalue weighted by atomic mass is 35.5. The first kappa shape index (κ1) is 24.5. The summed E-state index contributed by atoms with van der Waals surface area (Å²) in [6.45, 7) is 6.03. The fourth-order valence-electron chi connectivity index (χ4n) is 3.65. The molecule has 0 saturated carbocycles. The normalized spacial score (nSPS) is 17.7. The lowest BCUT2D eigenvalue weighted by Crippen LogP contribution is -2.42. The monoisotopic (exact) mass is 490 g/mol. The predicted octanol–water partition coefficient (Wildman–Crippen LogP) is 3.88. The first-order valence-corrected chi connectivity index (χ1v) is 11.1. The number of urea groups is 1. The van der Waals surface area contributed by atoms with Crippen molar-refractivity contribution in [2.45, 2.75) is 26.3 Å². The van der Waals surface area contributed by atoms with E-state index in [1.54, 1.807) is 41.3 Å². The lowest BCUT2D eigenvalue weighted by atomic mass is 9.92. The largest absolute Gasteiger partial charge is 0.339 e. The molecule has 2 N–H and O–H groups in total. The summed E-state index contributed by atoms with van der Waals surface area (Å²) in [7, 11) is 0. The van der Waals surface area contributed by atoms with Gasteiger partial charge in [0.15, 0.2) is 0 Å². The molecule has 8 nitrogen and oxygen atoms in total. The Balaban J connectivity index is 1.69. The van der Waals surface area contributed by atoms with E-state index in [0.717, 1.165) is 4.90 Å². The van der Waals surface area contributed by atoms with Gasteiger partial charge in [0.25, 0.3) is 11.8 Å². The molecule has 0 bridgehead atoms. The second kappa shape index (κ2) is 9.80. The summed E-state index contributed by atoms with van der Waals surface area (Å²) >= 11 is 12.2. The number of rotatable bonds is 7. The minimum Gasteiger partial charge on any atom is -0.339 e. The third-order valence-electron chi connectivity index (χ3n) is 5.51. The van der Waals surface area contributed by atoms with Gasteiger partial charge in [0.05, 0.1) is 0 Å². The van der Waals surface area contributed by atoms with Crippen molar-refractivity contribution in [3.05, 3.63) is 63.6 Å². The molecular formula is C23H24Cl2N4O4. The summed E-state index contributed by atoms with van der Waals surface area (Å²) < 4.78 is 0. The van der Waals surface area contributed by atoms with Gasteiger partial charge in [-0.3, -0.25) is 19.3 Å². The summed E-state index contributed by atoms with van der Waals surface area (Å²) in [6, 6.07) is 10.3. The molecule has 1 unspecified atom stereocenters. The molecule has 1 aliphatic heterocycles. The van der Waals surface area contributed by atoms with Crippen molar-refractivity contribution in [3.8, 4) is 0 Å². The molecule has 3 rings (SSSR count). The van der Waals surface area contributed by atoms with Crippen molar-refractivity contribution in [2.75, 3.05) is 25.0 Å². The van der Waals surface area contributed by atoms with Crippen LogP contribution in [0.25, 0.3) is 0 Å². The molecule has 2 aromatic rings. The van der Waals surface area contributed by atoms with Crippen molar-refractivity contribution in [2.24, 2.45) is 0 Å². The van der Waals surface area contributed by atoms with Crippen molar-refractivity contribution in [1.29, 1.82) is 0 Å². The van der Waals surface area contributed by atoms with Gasteiger partial charge in [0, 0.05) is 39.9 Å². The fraction of sp³-hybridized carbons (Fsp3) is 0.304. The van der Waals surface area contributed by atoms with E-state index in [2.05, 4.69) is 10.6 Å². The number of amides is 5. The van der Waals surface area contributed by atoms with Crippen molar-refractivity contribution in [3.63, 3.8) is 0 Å². The van der Waals surface area contributed by atoms with Crippen LogP contribution >= 0.6 is 23.2 Å². The van der Waals surface area contributed by atoms with Crippen LogP contribution in [0.3, 0.4) is 0 Å². The van der Waals surface area contributed by atoms with E-state index in [0.29, 0.717) is 34.9 Å². The molecule has 5 amide bonds. The zero-order chi connectivity index (χ0) is 24.3. The maximum Gasteiger partial charge on any atom is 0.325 e. The molecule has 10 heteroatoms. The number of carbonyl (C=O) groups excluding carboxylic acids is 4. The van der Waals surface area contributed by atoms with Crippen LogP contribution in [0, 0.1) is 0 Å². The van der Waals surface area contributed by atoms with E-state index >= 15 is 0 Å². The summed E-state index contributed by atoms with van der Waals surface area (Å²) in [6.07, 6.45) is 0. The topological polar surface area (TPSA) is 98.8 Å². The molecule has 0 aliphatic carbocycles. The lowest BCUT2D eigenvalue weighted by Gasteiger charge is -2.23. The number of imide groups is 1. The van der Waals surface area contributed by atoms with Crippen LogP contribution in [-0.2, 0) is 15.1 Å². The molecule has 2 aromatic carbocycles. The zero-order valence-corrected chi connectivity index (χ0v) is 20.0. The molecule has 1 atom stereocenters. The molecule has 1 aliphatic rings. The highest BCUT2D eigenvalue weighted by Crippen LogP contribution is 2.34. The summed E-state index contributed by atoms with van der Waals surface area (Å²) in [5, 5.41) is 5.86. The average molecular weight is 491 g/mol. The van der Waals surface area contributed by atoms with Crippen LogP contribution in [-0.4, -0.2) is 53.2 Å². The van der Waals surface area contributed by atoms with Crippen molar-refractivity contribution in [1.82, 2.24) is 15.1 Å². The Bertz CT molecular complexity index is 1100. The Morgan fingerprint density at radius 1 is 1.06 bits per heavy atom. The third kappa shape index (κ3) is 4.96. The summed E-state index contributed by atoms with van der Waals surface area (Å²) in [4.78, 5) is 53.0. The molecule has 1 heterocycles. The van der Waals surface area contributed by atoms with Crippen LogP contribution in [0.4, 0.5) is 10.5 Å². The smallest absolute Gasteiger partial charge is 0.325 e. The minimum atomic E-state index is -1.43. The third-order valence-corrected chi connectivity index (χ3v) is 6.06. The van der Waals surface area contributed by atoms with E-state index in [-0.39, 0.29) is 10.9 Å². The van der Waals surface area contributed by atoms with Gasteiger partial charge in [-0.1, -0.05) is 29.3 Å². The second-order valence-electron chi connectivity index (χ2n) is 7.67. The van der Waals surface area contributed by atoms with Gasteiger partial charge in [-0.25, -0.2) is 4.79 Å². The molecule has 33 heavy (non-hydrogen) atoms. The zero-order valence-electron chi connectivity index (χ0n) is 18.4. The maximum absolute atomic E-state index is 13.0. The van der Waals surface area contributed by atoms with E-state index in [1.807, 2.05) is 13.8 Å². The van der Waals surface area contributed by atoms with Gasteiger partial charge >= 0.3 is 6.03 Å². The second-order valence-corrected chi connectivity index (χ2v) is 8.52. The molecular weight excluding hydrogens is 467 g/mol. The minimum absolute atomic E-state index is 0.0997. The van der Waals surface area contributed by atoms with Crippen molar-refractivity contribution < 1.29 is 19.2 Å². The molecule has 0 spiro atoms.